The molecular weight excluding hydrogens is 200 g/mol. The highest BCUT2D eigenvalue weighted by Crippen LogP contribution is 2.07. The summed E-state index contributed by atoms with van der Waals surface area (Å²) in [6.45, 7) is 0.799. The summed E-state index contributed by atoms with van der Waals surface area (Å²) in [4.78, 5) is 22.4. The first-order valence-corrected chi connectivity index (χ1v) is 4.24. The molecule has 0 aliphatic heterocycles. The number of rotatable bonds is 5. The van der Waals surface area contributed by atoms with E-state index in [0.29, 0.717) is 0 Å². The molecule has 80 valence electrons. The Bertz CT molecular complexity index is 283. The lowest BCUT2D eigenvalue weighted by Gasteiger charge is -2.10. The first-order chi connectivity index (χ1) is 7.17. The van der Waals surface area contributed by atoms with Crippen molar-refractivity contribution in [2.45, 2.75) is 13.3 Å². The minimum absolute atomic E-state index is 0.203. The fourth-order valence-corrected chi connectivity index (χ4v) is 0.838. The minimum atomic E-state index is -1.06. The third-order valence-electron chi connectivity index (χ3n) is 1.54. The molecule has 0 aromatic carbocycles. The predicted molar refractivity (Wildman–Crippen MR) is 46.9 cm³/mol. The van der Waals surface area contributed by atoms with E-state index in [4.69, 9.17) is 10.5 Å². The molecule has 0 atom stereocenters. The van der Waals surface area contributed by atoms with E-state index in [0.717, 1.165) is 0 Å². The topological polar surface area (TPSA) is 100 Å². The molecule has 0 bridgehead atoms. The van der Waals surface area contributed by atoms with Crippen molar-refractivity contribution in [3.63, 3.8) is 0 Å². The van der Waals surface area contributed by atoms with E-state index in [1.807, 2.05) is 0 Å². The molecule has 0 aliphatic rings. The second-order valence-electron chi connectivity index (χ2n) is 2.49. The van der Waals surface area contributed by atoms with Crippen LogP contribution < -0.4 is 0 Å². The number of hydrogen-bond donors (Lipinski definition) is 0. The third kappa shape index (κ3) is 4.63. The molecule has 0 spiro atoms. The Morgan fingerprint density at radius 1 is 1.13 bits per heavy atom. The average Bonchev–Trinajstić information content (AvgIpc) is 2.24. The summed E-state index contributed by atoms with van der Waals surface area (Å²) in [6, 6.07) is 3.22. The summed E-state index contributed by atoms with van der Waals surface area (Å²) in [5.41, 5.74) is 0. The normalized spacial score (nSPS) is 8.80. The molecule has 0 rings (SSSR count). The second kappa shape index (κ2) is 7.34. The van der Waals surface area contributed by atoms with Crippen LogP contribution in [0.5, 0.6) is 0 Å². The van der Waals surface area contributed by atoms with Gasteiger partial charge in [0.2, 0.25) is 0 Å². The van der Waals surface area contributed by atoms with Gasteiger partial charge in [-0.2, -0.15) is 10.5 Å². The summed E-state index contributed by atoms with van der Waals surface area (Å²) in [6.07, 6.45) is 0.203. The van der Waals surface area contributed by atoms with E-state index in [1.54, 1.807) is 19.1 Å². The minimum Gasteiger partial charge on any atom is -0.450 e. The molecule has 15 heavy (non-hydrogen) atoms. The van der Waals surface area contributed by atoms with Gasteiger partial charge in [-0.05, 0) is 6.42 Å². The number of hydrogen-bond acceptors (Lipinski definition) is 6. The molecular formula is C9H10N2O4. The maximum atomic E-state index is 11.2. The maximum Gasteiger partial charge on any atom is 0.321 e. The van der Waals surface area contributed by atoms with Gasteiger partial charge in [0.05, 0.1) is 0 Å². The van der Waals surface area contributed by atoms with Crippen molar-refractivity contribution >= 4 is 11.9 Å². The van der Waals surface area contributed by atoms with Crippen LogP contribution in [0, 0.1) is 28.6 Å². The van der Waals surface area contributed by atoms with E-state index in [-0.39, 0.29) is 6.42 Å². The standard InChI is InChI=1S/C9H10N2O4/c1-2-7(8(12)14-5-3-10)9(13)15-6-4-11/h7H,2,5-6H2,1H3. The Morgan fingerprint density at radius 3 is 1.80 bits per heavy atom. The zero-order valence-electron chi connectivity index (χ0n) is 8.23. The summed E-state index contributed by atoms with van der Waals surface area (Å²) in [7, 11) is 0. The van der Waals surface area contributed by atoms with Gasteiger partial charge in [0.15, 0.2) is 19.1 Å². The van der Waals surface area contributed by atoms with Crippen LogP contribution in [0.4, 0.5) is 0 Å². The van der Waals surface area contributed by atoms with Gasteiger partial charge in [0.25, 0.3) is 0 Å². The molecule has 6 heteroatoms. The zero-order chi connectivity index (χ0) is 11.7. The van der Waals surface area contributed by atoms with E-state index < -0.39 is 31.1 Å². The van der Waals surface area contributed by atoms with E-state index >= 15 is 0 Å². The molecule has 0 aromatic rings. The number of ether oxygens (including phenoxy) is 2. The Morgan fingerprint density at radius 2 is 1.53 bits per heavy atom. The Hall–Kier alpha value is -2.08. The van der Waals surface area contributed by atoms with Crippen LogP contribution in [-0.2, 0) is 19.1 Å². The van der Waals surface area contributed by atoms with Gasteiger partial charge >= 0.3 is 11.9 Å². The van der Waals surface area contributed by atoms with Crippen LogP contribution in [0.3, 0.4) is 0 Å². The lowest BCUT2D eigenvalue weighted by atomic mass is 10.1. The van der Waals surface area contributed by atoms with Gasteiger partial charge in [0, 0.05) is 0 Å². The zero-order valence-corrected chi connectivity index (χ0v) is 8.23. The molecule has 0 fully saturated rings. The lowest BCUT2D eigenvalue weighted by molar-refractivity contribution is -0.160. The van der Waals surface area contributed by atoms with Crippen LogP contribution >= 0.6 is 0 Å². The predicted octanol–water partition coefficient (Wildman–Crippen LogP) is 0.146. The van der Waals surface area contributed by atoms with Gasteiger partial charge in [-0.1, -0.05) is 6.92 Å². The van der Waals surface area contributed by atoms with Crippen LogP contribution in [0.25, 0.3) is 0 Å². The van der Waals surface area contributed by atoms with Crippen molar-refractivity contribution in [1.29, 1.82) is 10.5 Å². The highest BCUT2D eigenvalue weighted by atomic mass is 16.6. The van der Waals surface area contributed by atoms with Crippen LogP contribution in [0.1, 0.15) is 13.3 Å². The van der Waals surface area contributed by atoms with Crippen LogP contribution in [-0.4, -0.2) is 25.2 Å². The largest absolute Gasteiger partial charge is 0.450 e. The number of carbonyl (C=O) groups excluding carboxylic acids is 2. The SMILES string of the molecule is CCC(C(=O)OCC#N)C(=O)OCC#N. The van der Waals surface area contributed by atoms with E-state index in [9.17, 15) is 9.59 Å². The fraction of sp³-hybridized carbons (Fsp3) is 0.556. The molecule has 6 nitrogen and oxygen atoms in total. The van der Waals surface area contributed by atoms with E-state index in [2.05, 4.69) is 9.47 Å². The van der Waals surface area contributed by atoms with Crippen molar-refractivity contribution in [2.75, 3.05) is 13.2 Å². The van der Waals surface area contributed by atoms with Crippen molar-refractivity contribution in [3.8, 4) is 12.1 Å². The number of nitriles is 2. The second-order valence-corrected chi connectivity index (χ2v) is 2.49. The quantitative estimate of drug-likeness (QED) is 0.472. The highest BCUT2D eigenvalue weighted by molar-refractivity contribution is 5.94. The first-order valence-electron chi connectivity index (χ1n) is 4.24. The van der Waals surface area contributed by atoms with Gasteiger partial charge in [-0.3, -0.25) is 9.59 Å². The third-order valence-corrected chi connectivity index (χ3v) is 1.54. The molecule has 0 radical (unpaired) electrons. The number of nitrogens with zero attached hydrogens (tertiary/aromatic N) is 2. The van der Waals surface area contributed by atoms with Crippen LogP contribution in [0.15, 0.2) is 0 Å². The Labute approximate surface area is 87.0 Å². The molecule has 0 aliphatic carbocycles. The van der Waals surface area contributed by atoms with Crippen molar-refractivity contribution in [3.05, 3.63) is 0 Å². The summed E-state index contributed by atoms with van der Waals surface area (Å²) < 4.78 is 8.92. The first kappa shape index (κ1) is 12.9. The molecule has 0 N–H and O–H groups in total. The van der Waals surface area contributed by atoms with Gasteiger partial charge < -0.3 is 9.47 Å². The smallest absolute Gasteiger partial charge is 0.321 e. The van der Waals surface area contributed by atoms with Crippen molar-refractivity contribution < 1.29 is 19.1 Å². The molecule has 0 unspecified atom stereocenters. The average molecular weight is 210 g/mol. The van der Waals surface area contributed by atoms with Crippen molar-refractivity contribution in [1.82, 2.24) is 0 Å². The fourth-order valence-electron chi connectivity index (χ4n) is 0.838. The Kier molecular flexibility index (Phi) is 6.32. The van der Waals surface area contributed by atoms with Crippen LogP contribution in [0.2, 0.25) is 0 Å². The van der Waals surface area contributed by atoms with Gasteiger partial charge in [0.1, 0.15) is 12.1 Å². The highest BCUT2D eigenvalue weighted by Gasteiger charge is 2.27. The van der Waals surface area contributed by atoms with Gasteiger partial charge in [-0.25, -0.2) is 0 Å². The molecule has 0 amide bonds. The molecule has 0 heterocycles. The Balaban J connectivity index is 4.23. The molecule has 0 aromatic heterocycles. The summed E-state index contributed by atoms with van der Waals surface area (Å²) in [5, 5.41) is 16.3. The van der Waals surface area contributed by atoms with Crippen molar-refractivity contribution in [2.24, 2.45) is 5.92 Å². The molecule has 0 saturated carbocycles. The summed E-state index contributed by atoms with van der Waals surface area (Å²) >= 11 is 0. The van der Waals surface area contributed by atoms with Gasteiger partial charge in [-0.15, -0.1) is 0 Å². The summed E-state index contributed by atoms with van der Waals surface area (Å²) in [5.74, 6) is -2.67. The number of carbonyl (C=O) groups is 2. The maximum absolute atomic E-state index is 11.2. The lowest BCUT2D eigenvalue weighted by Crippen LogP contribution is -2.27. The van der Waals surface area contributed by atoms with E-state index in [1.165, 1.54) is 0 Å². The monoisotopic (exact) mass is 210 g/mol. The number of esters is 2. The molecule has 0 saturated heterocycles.